The summed E-state index contributed by atoms with van der Waals surface area (Å²) in [4.78, 5) is 30.6. The van der Waals surface area contributed by atoms with Gasteiger partial charge in [-0.1, -0.05) is 29.3 Å². The van der Waals surface area contributed by atoms with Gasteiger partial charge in [0.2, 0.25) is 0 Å². The average molecular weight is 472 g/mol. The van der Waals surface area contributed by atoms with Crippen LogP contribution in [0, 0.1) is 0 Å². The lowest BCUT2D eigenvalue weighted by molar-refractivity contribution is 0.102. The Hall–Kier alpha value is -2.78. The Morgan fingerprint density at radius 3 is 2.47 bits per heavy atom. The molecule has 0 bridgehead atoms. The molecule has 1 saturated heterocycles. The second kappa shape index (κ2) is 10.2. The zero-order chi connectivity index (χ0) is 22.5. The molecule has 0 spiro atoms. The van der Waals surface area contributed by atoms with E-state index in [1.807, 2.05) is 0 Å². The van der Waals surface area contributed by atoms with Crippen LogP contribution in [0.2, 0.25) is 10.0 Å². The summed E-state index contributed by atoms with van der Waals surface area (Å²) in [5, 5.41) is 6.55. The molecule has 4 rings (SSSR count). The zero-order valence-electron chi connectivity index (χ0n) is 17.6. The van der Waals surface area contributed by atoms with Crippen LogP contribution in [0.15, 0.2) is 48.8 Å². The highest BCUT2D eigenvalue weighted by atomic mass is 35.5. The van der Waals surface area contributed by atoms with Crippen molar-refractivity contribution in [2.24, 2.45) is 0 Å². The number of anilines is 3. The van der Waals surface area contributed by atoms with Gasteiger partial charge in [-0.2, -0.15) is 0 Å². The summed E-state index contributed by atoms with van der Waals surface area (Å²) in [6.07, 6.45) is 3.32. The lowest BCUT2D eigenvalue weighted by Gasteiger charge is -2.31. The molecule has 1 fully saturated rings. The number of piperazine rings is 1. The van der Waals surface area contributed by atoms with Crippen LogP contribution in [-0.4, -0.2) is 63.9 Å². The number of nitrogens with one attached hydrogen (secondary N) is 2. The summed E-state index contributed by atoms with van der Waals surface area (Å²) >= 11 is 12.3. The predicted octanol–water partition coefficient (Wildman–Crippen LogP) is 3.92. The van der Waals surface area contributed by atoms with Crippen LogP contribution in [0.25, 0.3) is 0 Å². The molecule has 3 heterocycles. The minimum Gasteiger partial charge on any atom is -0.325 e. The number of nitrogens with zero attached hydrogens (tertiary/aromatic N) is 5. The lowest BCUT2D eigenvalue weighted by atomic mass is 10.2. The van der Waals surface area contributed by atoms with Gasteiger partial charge in [0.15, 0.2) is 0 Å². The van der Waals surface area contributed by atoms with Crippen molar-refractivity contribution < 1.29 is 4.79 Å². The summed E-state index contributed by atoms with van der Waals surface area (Å²) in [5.74, 6) is 1.53. The van der Waals surface area contributed by atoms with Crippen LogP contribution < -0.4 is 10.6 Å². The normalized spacial score (nSPS) is 14.8. The van der Waals surface area contributed by atoms with Crippen molar-refractivity contribution in [3.05, 3.63) is 70.2 Å². The minimum atomic E-state index is -0.394. The highest BCUT2D eigenvalue weighted by molar-refractivity contribution is 6.40. The summed E-state index contributed by atoms with van der Waals surface area (Å²) in [6, 6.07) is 10.1. The van der Waals surface area contributed by atoms with E-state index in [1.165, 1.54) is 0 Å². The van der Waals surface area contributed by atoms with E-state index in [0.717, 1.165) is 32.0 Å². The Morgan fingerprint density at radius 2 is 1.72 bits per heavy atom. The molecule has 1 amide bonds. The molecule has 2 aromatic heterocycles. The smallest absolute Gasteiger partial charge is 0.258 e. The quantitative estimate of drug-likeness (QED) is 0.563. The van der Waals surface area contributed by atoms with Crippen molar-refractivity contribution >= 4 is 46.4 Å². The molecule has 1 aliphatic rings. The Kier molecular flexibility index (Phi) is 7.16. The van der Waals surface area contributed by atoms with Gasteiger partial charge < -0.3 is 15.5 Å². The van der Waals surface area contributed by atoms with Crippen molar-refractivity contribution in [3.8, 4) is 0 Å². The highest BCUT2D eigenvalue weighted by Gasteiger charge is 2.16. The third-order valence-electron chi connectivity index (χ3n) is 5.13. The van der Waals surface area contributed by atoms with E-state index in [0.29, 0.717) is 23.9 Å². The third kappa shape index (κ3) is 5.72. The highest BCUT2D eigenvalue weighted by Crippen LogP contribution is 2.26. The summed E-state index contributed by atoms with van der Waals surface area (Å²) in [5.41, 5.74) is 0.779. The van der Waals surface area contributed by atoms with E-state index in [-0.39, 0.29) is 15.6 Å². The number of aromatic nitrogens is 3. The number of amides is 1. The molecule has 32 heavy (non-hydrogen) atoms. The molecule has 2 N–H and O–H groups in total. The number of hydrogen-bond acceptors (Lipinski definition) is 7. The second-order valence-corrected chi connectivity index (χ2v) is 8.36. The van der Waals surface area contributed by atoms with E-state index in [1.54, 1.807) is 48.8 Å². The minimum absolute atomic E-state index is 0.228. The molecule has 1 aromatic carbocycles. The Balaban J connectivity index is 1.42. The number of benzene rings is 1. The first-order chi connectivity index (χ1) is 15.5. The molecule has 0 aliphatic carbocycles. The maximum atomic E-state index is 12.6. The fourth-order valence-corrected chi connectivity index (χ4v) is 3.94. The fraction of sp³-hybridized carbons (Fsp3) is 0.273. The van der Waals surface area contributed by atoms with Crippen molar-refractivity contribution in [3.63, 3.8) is 0 Å². The van der Waals surface area contributed by atoms with Crippen LogP contribution in [-0.2, 0) is 6.54 Å². The van der Waals surface area contributed by atoms with Gasteiger partial charge in [-0.15, -0.1) is 0 Å². The molecular weight excluding hydrogens is 449 g/mol. The molecule has 1 aliphatic heterocycles. The van der Waals surface area contributed by atoms with Crippen molar-refractivity contribution in [1.29, 1.82) is 0 Å². The molecular formula is C22H23Cl2N7O. The lowest BCUT2D eigenvalue weighted by Crippen LogP contribution is -2.44. The average Bonchev–Trinajstić information content (AvgIpc) is 2.76. The first-order valence-corrected chi connectivity index (χ1v) is 10.9. The number of pyridine rings is 1. The molecule has 3 aromatic rings. The van der Waals surface area contributed by atoms with E-state index >= 15 is 0 Å². The van der Waals surface area contributed by atoms with E-state index < -0.39 is 5.91 Å². The number of carbonyl (C=O) groups is 1. The first-order valence-electron chi connectivity index (χ1n) is 10.2. The van der Waals surface area contributed by atoms with Gasteiger partial charge in [0.05, 0.1) is 22.2 Å². The van der Waals surface area contributed by atoms with Gasteiger partial charge in [-0.25, -0.2) is 15.0 Å². The number of halogens is 2. The van der Waals surface area contributed by atoms with Gasteiger partial charge in [-0.3, -0.25) is 9.69 Å². The number of carbonyl (C=O) groups excluding carboxylic acids is 1. The van der Waals surface area contributed by atoms with Gasteiger partial charge in [0, 0.05) is 50.3 Å². The van der Waals surface area contributed by atoms with Gasteiger partial charge in [0.1, 0.15) is 17.5 Å². The maximum Gasteiger partial charge on any atom is 0.258 e. The monoisotopic (exact) mass is 471 g/mol. The Labute approximate surface area is 196 Å². The largest absolute Gasteiger partial charge is 0.325 e. The van der Waals surface area contributed by atoms with Crippen molar-refractivity contribution in [1.82, 2.24) is 24.8 Å². The standard InChI is InChI=1S/C22H23Cl2N7O/c1-30-9-11-31(12-10-30)14-20-26-8-6-18(29-20)28-19-13-15(5-7-25-19)27-22(32)21-16(23)3-2-4-17(21)24/h2-8,13H,9-12,14H2,1H3,(H2,25,26,27,28,29,32). The van der Waals surface area contributed by atoms with E-state index in [9.17, 15) is 4.79 Å². The van der Waals surface area contributed by atoms with Crippen LogP contribution in [0.3, 0.4) is 0 Å². The van der Waals surface area contributed by atoms with Crippen LogP contribution in [0.1, 0.15) is 16.2 Å². The van der Waals surface area contributed by atoms with Crippen molar-refractivity contribution in [2.45, 2.75) is 6.54 Å². The van der Waals surface area contributed by atoms with Gasteiger partial charge in [-0.05, 0) is 31.3 Å². The van der Waals surface area contributed by atoms with Crippen LogP contribution in [0.5, 0.6) is 0 Å². The number of hydrogen-bond donors (Lipinski definition) is 2. The van der Waals surface area contributed by atoms with Gasteiger partial charge >= 0.3 is 0 Å². The Bertz CT molecular complexity index is 1080. The molecule has 0 unspecified atom stereocenters. The van der Waals surface area contributed by atoms with Crippen LogP contribution >= 0.6 is 23.2 Å². The molecule has 8 nitrogen and oxygen atoms in total. The molecule has 166 valence electrons. The first kappa shape index (κ1) is 22.4. The number of rotatable bonds is 6. The summed E-state index contributed by atoms with van der Waals surface area (Å²) in [6.45, 7) is 4.78. The Morgan fingerprint density at radius 1 is 1.00 bits per heavy atom. The SMILES string of the molecule is CN1CCN(Cc2nccc(Nc3cc(NC(=O)c4c(Cl)cccc4Cl)ccn3)n2)CC1. The molecule has 10 heteroatoms. The molecule has 0 saturated carbocycles. The van der Waals surface area contributed by atoms with Crippen LogP contribution in [0.4, 0.5) is 17.3 Å². The summed E-state index contributed by atoms with van der Waals surface area (Å²) in [7, 11) is 2.13. The van der Waals surface area contributed by atoms with E-state index in [2.05, 4.69) is 42.4 Å². The predicted molar refractivity (Wildman–Crippen MR) is 127 cm³/mol. The second-order valence-electron chi connectivity index (χ2n) is 7.54. The van der Waals surface area contributed by atoms with Crippen molar-refractivity contribution in [2.75, 3.05) is 43.9 Å². The van der Waals surface area contributed by atoms with Gasteiger partial charge in [0.25, 0.3) is 5.91 Å². The topological polar surface area (TPSA) is 86.3 Å². The number of likely N-dealkylation sites (N-methyl/N-ethyl adjacent to an activating group) is 1. The zero-order valence-corrected chi connectivity index (χ0v) is 19.1. The summed E-state index contributed by atoms with van der Waals surface area (Å²) < 4.78 is 0. The molecule has 0 atom stereocenters. The maximum absolute atomic E-state index is 12.6. The third-order valence-corrected chi connectivity index (χ3v) is 5.76. The fourth-order valence-electron chi connectivity index (χ4n) is 3.37. The van der Waals surface area contributed by atoms with E-state index in [4.69, 9.17) is 23.2 Å². The molecule has 0 radical (unpaired) electrons.